The van der Waals surface area contributed by atoms with Gasteiger partial charge in [-0.25, -0.2) is 0 Å². The van der Waals surface area contributed by atoms with E-state index >= 15 is 0 Å². The maximum atomic E-state index is 12.1. The van der Waals surface area contributed by atoms with E-state index in [1.165, 1.54) is 11.1 Å². The Labute approximate surface area is 148 Å². The van der Waals surface area contributed by atoms with Crippen molar-refractivity contribution in [2.45, 2.75) is 38.1 Å². The smallest absolute Gasteiger partial charge is 0.269 e. The van der Waals surface area contributed by atoms with Crippen LogP contribution in [-0.2, 0) is 17.8 Å². The third-order valence-corrected chi connectivity index (χ3v) is 4.59. The van der Waals surface area contributed by atoms with Crippen molar-refractivity contribution in [3.05, 3.63) is 47.5 Å². The number of benzene rings is 1. The Balaban J connectivity index is 1.48. The van der Waals surface area contributed by atoms with Crippen molar-refractivity contribution >= 4 is 11.6 Å². The maximum absolute atomic E-state index is 12.1. The van der Waals surface area contributed by atoms with Crippen LogP contribution in [0, 0.1) is 0 Å². The van der Waals surface area contributed by atoms with Crippen LogP contribution in [-0.4, -0.2) is 53.5 Å². The van der Waals surface area contributed by atoms with Crippen LogP contribution in [0.3, 0.4) is 0 Å². The van der Waals surface area contributed by atoms with Gasteiger partial charge in [-0.1, -0.05) is 30.3 Å². The van der Waals surface area contributed by atoms with Gasteiger partial charge < -0.3 is 16.2 Å². The molecular weight excluding hydrogens is 316 g/mol. The van der Waals surface area contributed by atoms with Crippen molar-refractivity contribution in [2.24, 2.45) is 10.7 Å². The summed E-state index contributed by atoms with van der Waals surface area (Å²) in [4.78, 5) is 18.4. The number of hydrogen-bond acceptors (Lipinski definition) is 5. The van der Waals surface area contributed by atoms with Gasteiger partial charge in [-0.3, -0.25) is 14.7 Å². The average molecular weight is 342 g/mol. The Kier molecular flexibility index (Phi) is 5.96. The van der Waals surface area contributed by atoms with Crippen LogP contribution in [0.5, 0.6) is 0 Å². The van der Waals surface area contributed by atoms with E-state index in [1.807, 2.05) is 6.08 Å². The Hall–Kier alpha value is -2.02. The average Bonchev–Trinajstić information content (AvgIpc) is 2.81. The molecule has 0 aromatic heterocycles. The molecule has 1 aromatic carbocycles. The summed E-state index contributed by atoms with van der Waals surface area (Å²) in [5.41, 5.74) is 8.77. The highest BCUT2D eigenvalue weighted by Gasteiger charge is 2.19. The van der Waals surface area contributed by atoms with E-state index in [-0.39, 0.29) is 18.6 Å². The number of aliphatic imine (C=N–C) groups is 1. The molecule has 0 fully saturated rings. The largest absolute Gasteiger partial charge is 0.390 e. The van der Waals surface area contributed by atoms with Crippen molar-refractivity contribution in [2.75, 3.05) is 19.6 Å². The van der Waals surface area contributed by atoms with E-state index in [4.69, 9.17) is 5.73 Å². The lowest BCUT2D eigenvalue weighted by molar-refractivity contribution is -0.115. The standard InChI is InChI=1S/C19H26N4O2/c20-18-9-3-8-17(22-18)19(25)21-11-16(24)13-23-10-4-7-14-5-1-2-6-15(14)12-23/h1-3,5-6,8,16,18,24H,4,7,9-13,20H2,(H,21,25)/t16?,18-/m0/s1. The minimum atomic E-state index is -0.615. The molecule has 2 atom stereocenters. The third-order valence-electron chi connectivity index (χ3n) is 4.59. The van der Waals surface area contributed by atoms with Crippen molar-refractivity contribution in [3.63, 3.8) is 0 Å². The summed E-state index contributed by atoms with van der Waals surface area (Å²) in [7, 11) is 0. The monoisotopic (exact) mass is 342 g/mol. The number of nitrogens with one attached hydrogen (secondary N) is 1. The molecule has 1 amide bonds. The van der Waals surface area contributed by atoms with Gasteiger partial charge >= 0.3 is 0 Å². The topological polar surface area (TPSA) is 91.0 Å². The molecule has 4 N–H and O–H groups in total. The third kappa shape index (κ3) is 4.98. The molecule has 0 saturated carbocycles. The summed E-state index contributed by atoms with van der Waals surface area (Å²) in [6.07, 6.45) is 5.36. The normalized spacial score (nSPS) is 21.8. The van der Waals surface area contributed by atoms with Crippen molar-refractivity contribution in [1.29, 1.82) is 0 Å². The van der Waals surface area contributed by atoms with Gasteiger partial charge in [0, 0.05) is 26.1 Å². The van der Waals surface area contributed by atoms with E-state index in [0.717, 1.165) is 25.9 Å². The molecule has 1 unspecified atom stereocenters. The molecule has 0 bridgehead atoms. The second-order valence-electron chi connectivity index (χ2n) is 6.69. The van der Waals surface area contributed by atoms with Gasteiger partial charge in [-0.2, -0.15) is 0 Å². The van der Waals surface area contributed by atoms with Gasteiger partial charge in [0.2, 0.25) is 0 Å². The number of β-amino-alcohol motifs (C(OH)–C–C–N with tert-alkyl or cyclic N) is 1. The van der Waals surface area contributed by atoms with Gasteiger partial charge in [-0.05, 0) is 36.6 Å². The fraction of sp³-hybridized carbons (Fsp3) is 0.474. The predicted octanol–water partition coefficient (Wildman–Crippen LogP) is 0.598. The first-order valence-corrected chi connectivity index (χ1v) is 8.87. The molecule has 134 valence electrons. The molecule has 0 aliphatic carbocycles. The Morgan fingerprint density at radius 2 is 2.20 bits per heavy atom. The van der Waals surface area contributed by atoms with Gasteiger partial charge in [0.05, 0.1) is 6.10 Å². The van der Waals surface area contributed by atoms with Gasteiger partial charge in [0.1, 0.15) is 11.9 Å². The number of rotatable bonds is 5. The summed E-state index contributed by atoms with van der Waals surface area (Å²) in [5, 5.41) is 13.0. The molecule has 2 heterocycles. The second-order valence-corrected chi connectivity index (χ2v) is 6.69. The number of aliphatic hydroxyl groups excluding tert-OH is 1. The van der Waals surface area contributed by atoms with Crippen molar-refractivity contribution in [3.8, 4) is 0 Å². The Bertz CT molecular complexity index is 671. The zero-order valence-corrected chi connectivity index (χ0v) is 14.4. The van der Waals surface area contributed by atoms with Crippen molar-refractivity contribution < 1.29 is 9.90 Å². The number of amides is 1. The number of aliphatic hydroxyl groups is 1. The highest BCUT2D eigenvalue weighted by molar-refractivity contribution is 6.43. The predicted molar refractivity (Wildman–Crippen MR) is 98.2 cm³/mol. The highest BCUT2D eigenvalue weighted by Crippen LogP contribution is 2.18. The van der Waals surface area contributed by atoms with Crippen LogP contribution in [0.15, 0.2) is 41.4 Å². The number of aryl methyl sites for hydroxylation is 1. The summed E-state index contributed by atoms with van der Waals surface area (Å²) in [5.74, 6) is -0.285. The maximum Gasteiger partial charge on any atom is 0.269 e. The first kappa shape index (κ1) is 17.8. The lowest BCUT2D eigenvalue weighted by Gasteiger charge is -2.24. The van der Waals surface area contributed by atoms with E-state index in [0.29, 0.717) is 18.7 Å². The number of nitrogens with zero attached hydrogens (tertiary/aromatic N) is 2. The fourth-order valence-electron chi connectivity index (χ4n) is 3.32. The van der Waals surface area contributed by atoms with Gasteiger partial charge in [0.25, 0.3) is 5.91 Å². The van der Waals surface area contributed by atoms with Crippen molar-refractivity contribution in [1.82, 2.24) is 10.2 Å². The number of carbonyl (C=O) groups is 1. The summed E-state index contributed by atoms with van der Waals surface area (Å²) in [6.45, 7) is 2.53. The van der Waals surface area contributed by atoms with Crippen LogP contribution in [0.1, 0.15) is 24.0 Å². The molecule has 2 aliphatic rings. The lowest BCUT2D eigenvalue weighted by Crippen LogP contribution is -2.42. The number of hydrogen-bond donors (Lipinski definition) is 3. The van der Waals surface area contributed by atoms with E-state index in [1.54, 1.807) is 6.08 Å². The zero-order valence-electron chi connectivity index (χ0n) is 14.4. The zero-order chi connectivity index (χ0) is 17.6. The first-order valence-electron chi connectivity index (χ1n) is 8.87. The van der Waals surface area contributed by atoms with Gasteiger partial charge in [-0.15, -0.1) is 0 Å². The molecule has 1 aromatic rings. The van der Waals surface area contributed by atoms with E-state index in [2.05, 4.69) is 39.5 Å². The molecule has 6 nitrogen and oxygen atoms in total. The molecule has 25 heavy (non-hydrogen) atoms. The van der Waals surface area contributed by atoms with E-state index < -0.39 is 6.10 Å². The van der Waals surface area contributed by atoms with Crippen LogP contribution < -0.4 is 11.1 Å². The second kappa shape index (κ2) is 8.38. The fourth-order valence-corrected chi connectivity index (χ4v) is 3.32. The Morgan fingerprint density at radius 1 is 1.40 bits per heavy atom. The van der Waals surface area contributed by atoms with Gasteiger partial charge in [0.15, 0.2) is 0 Å². The molecule has 6 heteroatoms. The first-order chi connectivity index (χ1) is 12.1. The molecule has 2 aliphatic heterocycles. The molecule has 0 saturated heterocycles. The highest BCUT2D eigenvalue weighted by atomic mass is 16.3. The number of fused-ring (bicyclic) bond motifs is 1. The summed E-state index contributed by atoms with van der Waals surface area (Å²) in [6, 6.07) is 8.46. The summed E-state index contributed by atoms with van der Waals surface area (Å²) >= 11 is 0. The molecule has 0 radical (unpaired) electrons. The van der Waals surface area contributed by atoms with Crippen LogP contribution in [0.2, 0.25) is 0 Å². The number of dihydropyridines is 1. The van der Waals surface area contributed by atoms with Crippen LogP contribution >= 0.6 is 0 Å². The van der Waals surface area contributed by atoms with Crippen LogP contribution in [0.25, 0.3) is 0 Å². The molecular formula is C19H26N4O2. The van der Waals surface area contributed by atoms with E-state index in [9.17, 15) is 9.90 Å². The number of nitrogens with two attached hydrogens (primary N) is 1. The minimum Gasteiger partial charge on any atom is -0.390 e. The minimum absolute atomic E-state index is 0.207. The van der Waals surface area contributed by atoms with Crippen LogP contribution in [0.4, 0.5) is 0 Å². The SMILES string of the molecule is N[C@@H]1CC=CC(C(=O)NCC(O)CN2CCCc3ccccc3C2)=N1. The Morgan fingerprint density at radius 3 is 3.00 bits per heavy atom. The quantitative estimate of drug-likeness (QED) is 0.731. The lowest BCUT2D eigenvalue weighted by atomic mass is 10.0. The molecule has 3 rings (SSSR count). The summed E-state index contributed by atoms with van der Waals surface area (Å²) < 4.78 is 0. The number of carbonyl (C=O) groups excluding carboxylic acids is 1. The molecule has 0 spiro atoms.